The Balaban J connectivity index is 2.39. The van der Waals surface area contributed by atoms with Crippen molar-refractivity contribution in [3.05, 3.63) is 12.2 Å². The Morgan fingerprint density at radius 1 is 1.46 bits per heavy atom. The van der Waals surface area contributed by atoms with Crippen LogP contribution in [0.3, 0.4) is 0 Å². The predicted octanol–water partition coefficient (Wildman–Crippen LogP) is 1.69. The van der Waals surface area contributed by atoms with Gasteiger partial charge in [0.1, 0.15) is 0 Å². The number of thiol groups is 1. The first-order chi connectivity index (χ1) is 6.33. The Labute approximate surface area is 85.9 Å². The van der Waals surface area contributed by atoms with Crippen LogP contribution in [0.1, 0.15) is 19.3 Å². The van der Waals surface area contributed by atoms with Crippen LogP contribution in [-0.4, -0.2) is 31.1 Å². The second-order valence-electron chi connectivity index (χ2n) is 3.42. The monoisotopic (exact) mass is 198 g/mol. The first-order valence-electron chi connectivity index (χ1n) is 4.81. The molecule has 0 radical (unpaired) electrons. The Morgan fingerprint density at radius 2 is 2.31 bits per heavy atom. The number of hydrogen-bond acceptors (Lipinski definition) is 3. The van der Waals surface area contributed by atoms with Gasteiger partial charge < -0.3 is 5.32 Å². The molecule has 0 fully saturated rings. The highest BCUT2D eigenvalue weighted by molar-refractivity contribution is 7.80. The summed E-state index contributed by atoms with van der Waals surface area (Å²) in [6.07, 6.45) is 9.50. The van der Waals surface area contributed by atoms with Gasteiger partial charge in [-0.15, -0.1) is 0 Å². The van der Waals surface area contributed by atoms with E-state index in [1.54, 1.807) is 0 Å². The topological polar surface area (TPSA) is 24.4 Å². The van der Waals surface area contributed by atoms with Crippen molar-refractivity contribution in [1.29, 1.82) is 0 Å². The fourth-order valence-electron chi connectivity index (χ4n) is 1.64. The lowest BCUT2D eigenvalue weighted by molar-refractivity contribution is 0.463. The summed E-state index contributed by atoms with van der Waals surface area (Å²) in [6.45, 7) is 1.07. The van der Waals surface area contributed by atoms with Gasteiger partial charge in [0, 0.05) is 6.21 Å². The third-order valence-corrected chi connectivity index (χ3v) is 2.63. The highest BCUT2D eigenvalue weighted by Crippen LogP contribution is 2.27. The van der Waals surface area contributed by atoms with Crippen LogP contribution in [-0.2, 0) is 0 Å². The molecule has 1 rings (SSSR count). The van der Waals surface area contributed by atoms with E-state index < -0.39 is 0 Å². The van der Waals surface area contributed by atoms with Crippen molar-refractivity contribution in [3.8, 4) is 0 Å². The van der Waals surface area contributed by atoms with Crippen LogP contribution in [0.25, 0.3) is 0 Å². The van der Waals surface area contributed by atoms with Gasteiger partial charge in [-0.2, -0.15) is 12.6 Å². The van der Waals surface area contributed by atoms with Crippen LogP contribution in [0.2, 0.25) is 0 Å². The van der Waals surface area contributed by atoms with Crippen LogP contribution >= 0.6 is 12.6 Å². The lowest BCUT2D eigenvalue weighted by atomic mass is 9.92. The van der Waals surface area contributed by atoms with Gasteiger partial charge in [-0.25, -0.2) is 0 Å². The Kier molecular flexibility index (Phi) is 4.53. The van der Waals surface area contributed by atoms with E-state index in [1.807, 2.05) is 19.3 Å². The molecular formula is C10H18N2S. The molecule has 1 N–H and O–H groups in total. The van der Waals surface area contributed by atoms with Crippen molar-refractivity contribution in [2.24, 2.45) is 4.99 Å². The smallest absolute Gasteiger partial charge is 0.0799 e. The van der Waals surface area contributed by atoms with Crippen molar-refractivity contribution in [2.45, 2.75) is 24.8 Å². The van der Waals surface area contributed by atoms with Gasteiger partial charge in [-0.05, 0) is 44.7 Å². The standard InChI is InChI=1S/C10H18N2S/c1-11-7-2-4-10(6-9-13)5-3-8-12-10/h3,5,8,11,13H,2,4,6-7,9H2,1H3. The summed E-state index contributed by atoms with van der Waals surface area (Å²) in [7, 11) is 1.99. The Bertz CT molecular complexity index is 187. The molecule has 3 heteroatoms. The quantitative estimate of drug-likeness (QED) is 0.492. The fraction of sp³-hybridized carbons (Fsp3) is 0.700. The molecule has 0 aromatic heterocycles. The maximum Gasteiger partial charge on any atom is 0.0799 e. The first kappa shape index (κ1) is 10.8. The molecule has 1 aliphatic heterocycles. The van der Waals surface area contributed by atoms with Crippen molar-refractivity contribution in [2.75, 3.05) is 19.3 Å². The van der Waals surface area contributed by atoms with Crippen LogP contribution in [0.4, 0.5) is 0 Å². The molecule has 13 heavy (non-hydrogen) atoms. The molecule has 0 amide bonds. The summed E-state index contributed by atoms with van der Waals surface area (Å²) in [5.41, 5.74) is 0.0681. The normalized spacial score (nSPS) is 25.7. The molecule has 1 atom stereocenters. The fourth-order valence-corrected chi connectivity index (χ4v) is 2.03. The van der Waals surface area contributed by atoms with E-state index >= 15 is 0 Å². The third kappa shape index (κ3) is 3.16. The summed E-state index contributed by atoms with van der Waals surface area (Å²) in [4.78, 5) is 4.52. The van der Waals surface area contributed by atoms with Gasteiger partial charge >= 0.3 is 0 Å². The molecule has 0 aromatic carbocycles. The molecule has 0 aliphatic carbocycles. The lowest BCUT2D eigenvalue weighted by Gasteiger charge is -2.23. The number of allylic oxidation sites excluding steroid dienone is 1. The number of nitrogens with zero attached hydrogens (tertiary/aromatic N) is 1. The van der Waals surface area contributed by atoms with Gasteiger partial charge in [0.2, 0.25) is 0 Å². The minimum absolute atomic E-state index is 0.0681. The Hall–Kier alpha value is -0.280. The molecular weight excluding hydrogens is 180 g/mol. The van der Waals surface area contributed by atoms with E-state index in [0.29, 0.717) is 0 Å². The summed E-state index contributed by atoms with van der Waals surface area (Å²) >= 11 is 4.27. The van der Waals surface area contributed by atoms with Gasteiger partial charge in [0.25, 0.3) is 0 Å². The van der Waals surface area contributed by atoms with E-state index in [2.05, 4.69) is 29.0 Å². The van der Waals surface area contributed by atoms with Crippen molar-refractivity contribution in [3.63, 3.8) is 0 Å². The summed E-state index contributed by atoms with van der Waals surface area (Å²) in [5.74, 6) is 0.904. The molecule has 0 bridgehead atoms. The SMILES string of the molecule is CNCCCC1(CCS)C=CC=N1. The average Bonchev–Trinajstić information content (AvgIpc) is 2.55. The van der Waals surface area contributed by atoms with Gasteiger partial charge in [0.15, 0.2) is 0 Å². The van der Waals surface area contributed by atoms with Gasteiger partial charge in [0.05, 0.1) is 5.54 Å². The molecule has 0 aromatic rings. The molecule has 1 aliphatic rings. The van der Waals surface area contributed by atoms with Crippen molar-refractivity contribution >= 4 is 18.8 Å². The zero-order chi connectivity index (χ0) is 9.57. The van der Waals surface area contributed by atoms with Crippen LogP contribution in [0.15, 0.2) is 17.1 Å². The van der Waals surface area contributed by atoms with Crippen molar-refractivity contribution in [1.82, 2.24) is 5.32 Å². The van der Waals surface area contributed by atoms with Crippen LogP contribution < -0.4 is 5.32 Å². The third-order valence-electron chi connectivity index (χ3n) is 2.41. The minimum atomic E-state index is 0.0681. The molecule has 1 heterocycles. The van der Waals surface area contributed by atoms with E-state index in [-0.39, 0.29) is 5.54 Å². The molecule has 74 valence electrons. The van der Waals surface area contributed by atoms with Crippen LogP contribution in [0.5, 0.6) is 0 Å². The van der Waals surface area contributed by atoms with E-state index in [1.165, 1.54) is 6.42 Å². The van der Waals surface area contributed by atoms with Crippen molar-refractivity contribution < 1.29 is 0 Å². The zero-order valence-electron chi connectivity index (χ0n) is 8.16. The first-order valence-corrected chi connectivity index (χ1v) is 5.45. The second-order valence-corrected chi connectivity index (χ2v) is 3.87. The van der Waals surface area contributed by atoms with Gasteiger partial charge in [-0.3, -0.25) is 4.99 Å². The summed E-state index contributed by atoms with van der Waals surface area (Å²) in [6, 6.07) is 0. The summed E-state index contributed by atoms with van der Waals surface area (Å²) in [5, 5.41) is 3.16. The van der Waals surface area contributed by atoms with E-state index in [4.69, 9.17) is 0 Å². The number of hydrogen-bond donors (Lipinski definition) is 2. The van der Waals surface area contributed by atoms with Crippen LogP contribution in [0, 0.1) is 0 Å². The molecule has 0 spiro atoms. The lowest BCUT2D eigenvalue weighted by Crippen LogP contribution is -2.24. The zero-order valence-corrected chi connectivity index (χ0v) is 9.06. The Morgan fingerprint density at radius 3 is 2.85 bits per heavy atom. The number of rotatable bonds is 6. The number of aliphatic imine (C=N–C) groups is 1. The maximum atomic E-state index is 4.52. The second kappa shape index (κ2) is 5.45. The highest BCUT2D eigenvalue weighted by Gasteiger charge is 2.25. The molecule has 1 unspecified atom stereocenters. The predicted molar refractivity (Wildman–Crippen MR) is 62.0 cm³/mol. The summed E-state index contributed by atoms with van der Waals surface area (Å²) < 4.78 is 0. The minimum Gasteiger partial charge on any atom is -0.320 e. The van der Waals surface area contributed by atoms with Gasteiger partial charge in [-0.1, -0.05) is 6.08 Å². The average molecular weight is 198 g/mol. The maximum absolute atomic E-state index is 4.52. The largest absolute Gasteiger partial charge is 0.320 e. The molecule has 2 nitrogen and oxygen atoms in total. The number of nitrogens with one attached hydrogen (secondary N) is 1. The van der Waals surface area contributed by atoms with E-state index in [9.17, 15) is 0 Å². The molecule has 0 saturated carbocycles. The van der Waals surface area contributed by atoms with E-state index in [0.717, 1.165) is 25.1 Å². The molecule has 0 saturated heterocycles. The highest BCUT2D eigenvalue weighted by atomic mass is 32.1.